The molecule has 7 heteroatoms. The van der Waals surface area contributed by atoms with E-state index in [0.29, 0.717) is 16.9 Å². The van der Waals surface area contributed by atoms with E-state index in [-0.39, 0.29) is 22.8 Å². The Morgan fingerprint density at radius 2 is 2.04 bits per heavy atom. The number of carbonyl (C=O) groups excluding carboxylic acids is 2. The van der Waals surface area contributed by atoms with Crippen LogP contribution in [0.4, 0.5) is 11.4 Å². The molecule has 2 atom stereocenters. The summed E-state index contributed by atoms with van der Waals surface area (Å²) < 4.78 is 0. The van der Waals surface area contributed by atoms with E-state index < -0.39 is 5.54 Å². The van der Waals surface area contributed by atoms with E-state index in [1.165, 1.54) is 0 Å². The van der Waals surface area contributed by atoms with Crippen LogP contribution in [0.3, 0.4) is 0 Å². The molecule has 6 nitrogen and oxygen atoms in total. The predicted molar refractivity (Wildman–Crippen MR) is 107 cm³/mol. The highest BCUT2D eigenvalue weighted by atomic mass is 35.5. The van der Waals surface area contributed by atoms with Crippen molar-refractivity contribution in [2.75, 3.05) is 10.6 Å². The highest BCUT2D eigenvalue weighted by Crippen LogP contribution is 2.33. The number of nitrogens with two attached hydrogens (primary N) is 1. The topological polar surface area (TPSA) is 97.1 Å². The predicted octanol–water partition coefficient (Wildman–Crippen LogP) is 3.83. The first-order valence-electron chi connectivity index (χ1n) is 8.97. The Morgan fingerprint density at radius 3 is 2.70 bits per heavy atom. The summed E-state index contributed by atoms with van der Waals surface area (Å²) in [6.07, 6.45) is 6.83. The molecule has 1 heterocycles. The number of nitrogens with one attached hydrogen (secondary N) is 2. The maximum absolute atomic E-state index is 12.6. The maximum atomic E-state index is 12.6. The van der Waals surface area contributed by atoms with Crippen molar-refractivity contribution in [2.24, 2.45) is 11.7 Å². The van der Waals surface area contributed by atoms with Crippen LogP contribution in [0, 0.1) is 5.92 Å². The van der Waals surface area contributed by atoms with Crippen molar-refractivity contribution in [3.05, 3.63) is 53.3 Å². The Bertz CT molecular complexity index is 839. The Hall–Kier alpha value is -2.44. The lowest BCUT2D eigenvalue weighted by molar-refractivity contribution is -0.122. The number of pyridine rings is 1. The van der Waals surface area contributed by atoms with Gasteiger partial charge in [-0.15, -0.1) is 0 Å². The minimum atomic E-state index is -0.504. The minimum Gasteiger partial charge on any atom is -0.326 e. The zero-order valence-electron chi connectivity index (χ0n) is 15.2. The molecule has 1 fully saturated rings. The van der Waals surface area contributed by atoms with Gasteiger partial charge >= 0.3 is 0 Å². The molecule has 0 saturated heterocycles. The molecule has 0 aliphatic heterocycles. The lowest BCUT2D eigenvalue weighted by atomic mass is 9.74. The van der Waals surface area contributed by atoms with Gasteiger partial charge in [-0.1, -0.05) is 24.4 Å². The smallest absolute Gasteiger partial charge is 0.257 e. The summed E-state index contributed by atoms with van der Waals surface area (Å²) >= 11 is 6.26. The SMILES string of the molecule is CC1(N)CCCCC1C(=O)Nc1ccc(C(=O)Nc2cccnc2)c(Cl)c1. The third-order valence-electron chi connectivity index (χ3n) is 4.97. The molecular formula is C20H23ClN4O2. The molecular weight excluding hydrogens is 364 g/mol. The molecule has 2 amide bonds. The number of benzene rings is 1. The zero-order chi connectivity index (χ0) is 19.4. The molecule has 0 spiro atoms. The van der Waals surface area contributed by atoms with Gasteiger partial charge in [-0.2, -0.15) is 0 Å². The van der Waals surface area contributed by atoms with Crippen LogP contribution >= 0.6 is 11.6 Å². The molecule has 1 aromatic heterocycles. The van der Waals surface area contributed by atoms with Crippen LogP contribution in [-0.4, -0.2) is 22.3 Å². The number of amides is 2. The molecule has 2 aromatic rings. The fraction of sp³-hybridized carbons (Fsp3) is 0.350. The van der Waals surface area contributed by atoms with Crippen molar-refractivity contribution >= 4 is 34.8 Å². The number of carbonyl (C=O) groups is 2. The molecule has 0 radical (unpaired) electrons. The van der Waals surface area contributed by atoms with Gasteiger partial charge in [0, 0.05) is 17.4 Å². The summed E-state index contributed by atoms with van der Waals surface area (Å²) in [6.45, 7) is 1.93. The van der Waals surface area contributed by atoms with Crippen molar-refractivity contribution < 1.29 is 9.59 Å². The van der Waals surface area contributed by atoms with Gasteiger partial charge in [0.15, 0.2) is 0 Å². The normalized spacial score (nSPS) is 22.1. The number of anilines is 2. The van der Waals surface area contributed by atoms with Gasteiger partial charge in [0.05, 0.1) is 28.4 Å². The van der Waals surface area contributed by atoms with Gasteiger partial charge in [-0.3, -0.25) is 14.6 Å². The molecule has 27 heavy (non-hydrogen) atoms. The highest BCUT2D eigenvalue weighted by molar-refractivity contribution is 6.34. The van der Waals surface area contributed by atoms with Gasteiger partial charge in [0.1, 0.15) is 0 Å². The summed E-state index contributed by atoms with van der Waals surface area (Å²) in [7, 11) is 0. The summed E-state index contributed by atoms with van der Waals surface area (Å²) in [5, 5.41) is 5.87. The van der Waals surface area contributed by atoms with E-state index in [9.17, 15) is 9.59 Å². The van der Waals surface area contributed by atoms with Gasteiger partial charge in [0.25, 0.3) is 5.91 Å². The molecule has 1 aliphatic rings. The highest BCUT2D eigenvalue weighted by Gasteiger charge is 2.37. The van der Waals surface area contributed by atoms with Crippen LogP contribution in [0.5, 0.6) is 0 Å². The molecule has 4 N–H and O–H groups in total. The standard InChI is InChI=1S/C20H23ClN4O2/c1-20(22)9-3-2-6-16(20)19(27)24-13-7-8-15(17(21)11-13)18(26)25-14-5-4-10-23-12-14/h4-5,7-8,10-12,16H,2-3,6,9,22H2,1H3,(H,24,27)(H,25,26). The van der Waals surface area contributed by atoms with Gasteiger partial charge in [-0.05, 0) is 50.1 Å². The number of halogens is 1. The average molecular weight is 387 g/mol. The van der Waals surface area contributed by atoms with Gasteiger partial charge in [-0.25, -0.2) is 0 Å². The van der Waals surface area contributed by atoms with Crippen molar-refractivity contribution in [3.8, 4) is 0 Å². The third kappa shape index (κ3) is 4.64. The number of rotatable bonds is 4. The fourth-order valence-corrected chi connectivity index (χ4v) is 3.70. The van der Waals surface area contributed by atoms with E-state index in [1.54, 1.807) is 42.7 Å². The summed E-state index contributed by atoms with van der Waals surface area (Å²) in [4.78, 5) is 29.0. The molecule has 0 bridgehead atoms. The van der Waals surface area contributed by atoms with Crippen LogP contribution in [0.15, 0.2) is 42.7 Å². The molecule has 3 rings (SSSR count). The Morgan fingerprint density at radius 1 is 1.22 bits per heavy atom. The zero-order valence-corrected chi connectivity index (χ0v) is 15.9. The quantitative estimate of drug-likeness (QED) is 0.743. The van der Waals surface area contributed by atoms with Crippen LogP contribution in [0.25, 0.3) is 0 Å². The van der Waals surface area contributed by atoms with E-state index in [2.05, 4.69) is 15.6 Å². The Balaban J connectivity index is 1.69. The van der Waals surface area contributed by atoms with Crippen LogP contribution in [0.1, 0.15) is 43.0 Å². The molecule has 1 aliphatic carbocycles. The van der Waals surface area contributed by atoms with Crippen molar-refractivity contribution in [3.63, 3.8) is 0 Å². The molecule has 142 valence electrons. The second-order valence-electron chi connectivity index (χ2n) is 7.18. The minimum absolute atomic E-state index is 0.108. The second kappa shape index (κ2) is 8.06. The third-order valence-corrected chi connectivity index (χ3v) is 5.28. The van der Waals surface area contributed by atoms with E-state index in [1.807, 2.05) is 6.92 Å². The van der Waals surface area contributed by atoms with Crippen molar-refractivity contribution in [2.45, 2.75) is 38.1 Å². The van der Waals surface area contributed by atoms with E-state index >= 15 is 0 Å². The summed E-state index contributed by atoms with van der Waals surface area (Å²) in [6, 6.07) is 8.30. The van der Waals surface area contributed by atoms with E-state index in [0.717, 1.165) is 25.7 Å². The number of hydrogen-bond donors (Lipinski definition) is 3. The lowest BCUT2D eigenvalue weighted by Gasteiger charge is -2.37. The largest absolute Gasteiger partial charge is 0.326 e. The van der Waals surface area contributed by atoms with Crippen molar-refractivity contribution in [1.29, 1.82) is 0 Å². The molecule has 1 aromatic carbocycles. The number of nitrogens with zero attached hydrogens (tertiary/aromatic N) is 1. The fourth-order valence-electron chi connectivity index (χ4n) is 3.43. The average Bonchev–Trinajstić information content (AvgIpc) is 2.62. The van der Waals surface area contributed by atoms with Crippen molar-refractivity contribution in [1.82, 2.24) is 4.98 Å². The van der Waals surface area contributed by atoms with Gasteiger partial charge in [0.2, 0.25) is 5.91 Å². The van der Waals surface area contributed by atoms with Gasteiger partial charge < -0.3 is 16.4 Å². The van der Waals surface area contributed by atoms with Crippen LogP contribution < -0.4 is 16.4 Å². The maximum Gasteiger partial charge on any atom is 0.257 e. The van der Waals surface area contributed by atoms with Crippen LogP contribution in [-0.2, 0) is 4.79 Å². The number of aromatic nitrogens is 1. The first-order chi connectivity index (χ1) is 12.9. The second-order valence-corrected chi connectivity index (χ2v) is 7.59. The monoisotopic (exact) mass is 386 g/mol. The molecule has 2 unspecified atom stereocenters. The number of hydrogen-bond acceptors (Lipinski definition) is 4. The lowest BCUT2D eigenvalue weighted by Crippen LogP contribution is -2.51. The molecule has 1 saturated carbocycles. The summed E-state index contributed by atoms with van der Waals surface area (Å²) in [5.74, 6) is -0.686. The first-order valence-corrected chi connectivity index (χ1v) is 9.35. The first kappa shape index (κ1) is 19.3. The summed E-state index contributed by atoms with van der Waals surface area (Å²) in [5.41, 5.74) is 7.24. The Kier molecular flexibility index (Phi) is 5.77. The van der Waals surface area contributed by atoms with Crippen LogP contribution in [0.2, 0.25) is 5.02 Å². The Labute approximate surface area is 163 Å². The van der Waals surface area contributed by atoms with E-state index in [4.69, 9.17) is 17.3 Å².